The van der Waals surface area contributed by atoms with Crippen molar-refractivity contribution in [2.75, 3.05) is 13.1 Å². The Morgan fingerprint density at radius 3 is 2.95 bits per heavy atom. The Morgan fingerprint density at radius 1 is 1.50 bits per heavy atom. The lowest BCUT2D eigenvalue weighted by Gasteiger charge is -2.41. The molecule has 2 aliphatic rings. The van der Waals surface area contributed by atoms with E-state index >= 15 is 0 Å². The molecule has 1 unspecified atom stereocenters. The highest BCUT2D eigenvalue weighted by atomic mass is 16.5. The van der Waals surface area contributed by atoms with E-state index in [-0.39, 0.29) is 17.8 Å². The molecule has 6 nitrogen and oxygen atoms in total. The lowest BCUT2D eigenvalue weighted by atomic mass is 9.67. The van der Waals surface area contributed by atoms with Crippen LogP contribution in [0.1, 0.15) is 68.0 Å². The molecule has 3 rings (SSSR count). The van der Waals surface area contributed by atoms with Gasteiger partial charge in [0.25, 0.3) is 11.7 Å². The Bertz CT molecular complexity index is 470. The van der Waals surface area contributed by atoms with E-state index in [0.717, 1.165) is 25.8 Å². The van der Waals surface area contributed by atoms with Gasteiger partial charge in [-0.3, -0.25) is 4.79 Å². The summed E-state index contributed by atoms with van der Waals surface area (Å²) in [7, 11) is 0. The van der Waals surface area contributed by atoms with Crippen LogP contribution in [-0.2, 0) is 0 Å². The van der Waals surface area contributed by atoms with Crippen LogP contribution in [0.15, 0.2) is 4.52 Å². The molecular weight excluding hydrogens is 256 g/mol. The predicted octanol–water partition coefficient (Wildman–Crippen LogP) is 1.80. The molecule has 0 radical (unpaired) electrons. The molecule has 1 atom stereocenters. The van der Waals surface area contributed by atoms with E-state index in [1.54, 1.807) is 0 Å². The average molecular weight is 278 g/mol. The Morgan fingerprint density at radius 2 is 2.35 bits per heavy atom. The van der Waals surface area contributed by atoms with Crippen LogP contribution in [0.2, 0.25) is 0 Å². The zero-order valence-electron chi connectivity index (χ0n) is 11.9. The van der Waals surface area contributed by atoms with Crippen molar-refractivity contribution >= 4 is 5.91 Å². The van der Waals surface area contributed by atoms with Gasteiger partial charge in [0, 0.05) is 6.54 Å². The van der Waals surface area contributed by atoms with Crippen LogP contribution < -0.4 is 10.6 Å². The number of aromatic nitrogens is 2. The second kappa shape index (κ2) is 5.52. The normalized spacial score (nSPS) is 24.4. The van der Waals surface area contributed by atoms with Crippen molar-refractivity contribution in [1.29, 1.82) is 0 Å². The van der Waals surface area contributed by atoms with Gasteiger partial charge in [-0.1, -0.05) is 18.5 Å². The fourth-order valence-corrected chi connectivity index (χ4v) is 3.04. The summed E-state index contributed by atoms with van der Waals surface area (Å²) in [5.41, 5.74) is 0.301. The fraction of sp³-hybridized carbons (Fsp3) is 0.786. The van der Waals surface area contributed by atoms with Crippen LogP contribution in [0.25, 0.3) is 0 Å². The molecule has 1 aromatic heterocycles. The van der Waals surface area contributed by atoms with Crippen molar-refractivity contribution in [2.45, 2.75) is 51.5 Å². The van der Waals surface area contributed by atoms with Gasteiger partial charge in [-0.25, -0.2) is 0 Å². The summed E-state index contributed by atoms with van der Waals surface area (Å²) >= 11 is 0. The zero-order valence-corrected chi connectivity index (χ0v) is 11.9. The molecular formula is C14H22N4O2. The Hall–Kier alpha value is -1.43. The summed E-state index contributed by atoms with van der Waals surface area (Å²) in [5.74, 6) is 0.457. The Labute approximate surface area is 118 Å². The molecule has 1 aliphatic heterocycles. The van der Waals surface area contributed by atoms with Gasteiger partial charge in [-0.15, -0.1) is 0 Å². The lowest BCUT2D eigenvalue weighted by Crippen LogP contribution is -2.41. The van der Waals surface area contributed by atoms with Gasteiger partial charge in [0.1, 0.15) is 0 Å². The maximum Gasteiger partial charge on any atom is 0.292 e. The van der Waals surface area contributed by atoms with E-state index in [0.29, 0.717) is 17.9 Å². The predicted molar refractivity (Wildman–Crippen MR) is 73.2 cm³/mol. The van der Waals surface area contributed by atoms with Crippen molar-refractivity contribution in [2.24, 2.45) is 5.41 Å². The van der Waals surface area contributed by atoms with Gasteiger partial charge in [0.15, 0.2) is 0 Å². The summed E-state index contributed by atoms with van der Waals surface area (Å²) in [6, 6.07) is 0.109. The largest absolute Gasteiger partial charge is 0.349 e. The van der Waals surface area contributed by atoms with E-state index in [4.69, 9.17) is 4.52 Å². The molecule has 6 heteroatoms. The number of carbonyl (C=O) groups excluding carboxylic acids is 1. The first kappa shape index (κ1) is 13.5. The molecule has 2 N–H and O–H groups in total. The number of nitrogens with zero attached hydrogens (tertiary/aromatic N) is 2. The Kier molecular flexibility index (Phi) is 3.74. The van der Waals surface area contributed by atoms with E-state index in [1.165, 1.54) is 19.3 Å². The maximum atomic E-state index is 12.1. The van der Waals surface area contributed by atoms with Gasteiger partial charge in [0.2, 0.25) is 5.89 Å². The highest BCUT2D eigenvalue weighted by Gasteiger charge is 2.35. The molecule has 2 heterocycles. The van der Waals surface area contributed by atoms with Crippen molar-refractivity contribution < 1.29 is 9.32 Å². The van der Waals surface area contributed by atoms with Gasteiger partial charge in [0.05, 0.1) is 6.04 Å². The van der Waals surface area contributed by atoms with Crippen LogP contribution in [0.3, 0.4) is 0 Å². The first-order valence-corrected chi connectivity index (χ1v) is 7.58. The molecule has 110 valence electrons. The monoisotopic (exact) mass is 278 g/mol. The number of carbonyl (C=O) groups is 1. The molecule has 1 aromatic rings. The fourth-order valence-electron chi connectivity index (χ4n) is 3.04. The minimum atomic E-state index is -0.224. The topological polar surface area (TPSA) is 80.0 Å². The molecule has 1 amide bonds. The summed E-state index contributed by atoms with van der Waals surface area (Å²) in [4.78, 5) is 16.3. The van der Waals surface area contributed by atoms with Gasteiger partial charge >= 0.3 is 0 Å². The molecule has 0 bridgehead atoms. The third kappa shape index (κ3) is 2.57. The summed E-state index contributed by atoms with van der Waals surface area (Å²) in [5, 5.41) is 10.0. The number of amides is 1. The van der Waals surface area contributed by atoms with Crippen LogP contribution in [0, 0.1) is 5.41 Å². The molecule has 2 fully saturated rings. The van der Waals surface area contributed by atoms with Crippen LogP contribution >= 0.6 is 0 Å². The second-order valence-electron chi connectivity index (χ2n) is 5.99. The molecule has 1 aliphatic carbocycles. The molecule has 0 spiro atoms. The minimum absolute atomic E-state index is 0.109. The van der Waals surface area contributed by atoms with E-state index in [2.05, 4.69) is 27.7 Å². The van der Waals surface area contributed by atoms with E-state index in [1.807, 2.05) is 0 Å². The summed E-state index contributed by atoms with van der Waals surface area (Å²) in [6.45, 7) is 3.87. The SMILES string of the molecule is CCC1(CNC(=O)c2noc(C3CCCN3)n2)CCC1. The first-order chi connectivity index (χ1) is 9.72. The zero-order chi connectivity index (χ0) is 14.0. The standard InChI is InChI=1S/C14H22N4O2/c1-2-14(6-4-7-14)9-16-12(19)11-17-13(20-18-11)10-5-3-8-15-10/h10,15H,2-9H2,1H3,(H,16,19). The maximum absolute atomic E-state index is 12.1. The molecule has 1 saturated heterocycles. The highest BCUT2D eigenvalue weighted by Crippen LogP contribution is 2.43. The number of hydrogen-bond donors (Lipinski definition) is 2. The van der Waals surface area contributed by atoms with Gasteiger partial charge < -0.3 is 15.2 Å². The summed E-state index contributed by atoms with van der Waals surface area (Å²) < 4.78 is 5.18. The second-order valence-corrected chi connectivity index (χ2v) is 5.99. The van der Waals surface area contributed by atoms with E-state index < -0.39 is 0 Å². The van der Waals surface area contributed by atoms with Crippen molar-refractivity contribution in [3.63, 3.8) is 0 Å². The Balaban J connectivity index is 1.57. The smallest absolute Gasteiger partial charge is 0.292 e. The minimum Gasteiger partial charge on any atom is -0.349 e. The van der Waals surface area contributed by atoms with E-state index in [9.17, 15) is 4.79 Å². The third-order valence-electron chi connectivity index (χ3n) is 4.79. The summed E-state index contributed by atoms with van der Waals surface area (Å²) in [6.07, 6.45) is 6.87. The van der Waals surface area contributed by atoms with Crippen LogP contribution in [0.4, 0.5) is 0 Å². The third-order valence-corrected chi connectivity index (χ3v) is 4.79. The number of rotatable bonds is 5. The average Bonchev–Trinajstić information content (AvgIpc) is 3.08. The first-order valence-electron chi connectivity index (χ1n) is 7.58. The highest BCUT2D eigenvalue weighted by molar-refractivity contribution is 5.90. The molecule has 1 saturated carbocycles. The lowest BCUT2D eigenvalue weighted by molar-refractivity contribution is 0.0838. The van der Waals surface area contributed by atoms with Crippen LogP contribution in [0.5, 0.6) is 0 Å². The van der Waals surface area contributed by atoms with Crippen molar-refractivity contribution in [3.05, 3.63) is 11.7 Å². The number of hydrogen-bond acceptors (Lipinski definition) is 5. The molecule has 0 aromatic carbocycles. The van der Waals surface area contributed by atoms with Gasteiger partial charge in [-0.05, 0) is 44.1 Å². The van der Waals surface area contributed by atoms with Gasteiger partial charge in [-0.2, -0.15) is 4.98 Å². The van der Waals surface area contributed by atoms with Crippen LogP contribution in [-0.4, -0.2) is 29.1 Å². The number of nitrogens with one attached hydrogen (secondary N) is 2. The van der Waals surface area contributed by atoms with Crippen molar-refractivity contribution in [1.82, 2.24) is 20.8 Å². The quantitative estimate of drug-likeness (QED) is 0.858. The van der Waals surface area contributed by atoms with Crippen molar-refractivity contribution in [3.8, 4) is 0 Å². The molecule has 20 heavy (non-hydrogen) atoms.